The van der Waals surface area contributed by atoms with Gasteiger partial charge in [-0.15, -0.1) is 10.2 Å². The van der Waals surface area contributed by atoms with Crippen molar-refractivity contribution in [2.24, 2.45) is 0 Å². The minimum Gasteiger partial charge on any atom is -0.266 e. The van der Waals surface area contributed by atoms with Crippen molar-refractivity contribution in [1.29, 1.82) is 0 Å². The summed E-state index contributed by atoms with van der Waals surface area (Å²) in [5.74, 6) is 0.728. The van der Waals surface area contributed by atoms with Crippen molar-refractivity contribution in [3.8, 4) is 17.1 Å². The quantitative estimate of drug-likeness (QED) is 0.674. The SMILES string of the molecule is Cc1ccc(-n2c(Cl)nnc2-c2ccccc2)cc1Br. The summed E-state index contributed by atoms with van der Waals surface area (Å²) in [5.41, 5.74) is 3.07. The Hall–Kier alpha value is -1.65. The first-order chi connectivity index (χ1) is 9.66. The first kappa shape index (κ1) is 13.3. The second-order valence-corrected chi connectivity index (χ2v) is 5.62. The van der Waals surface area contributed by atoms with Crippen LogP contribution in [0.5, 0.6) is 0 Å². The number of aromatic nitrogens is 3. The van der Waals surface area contributed by atoms with Gasteiger partial charge in [0, 0.05) is 10.0 Å². The Balaban J connectivity index is 2.19. The fraction of sp³-hybridized carbons (Fsp3) is 0.0667. The van der Waals surface area contributed by atoms with Gasteiger partial charge in [-0.25, -0.2) is 0 Å². The molecule has 20 heavy (non-hydrogen) atoms. The fourth-order valence-corrected chi connectivity index (χ4v) is 2.57. The van der Waals surface area contributed by atoms with Crippen LogP contribution in [0.15, 0.2) is 53.0 Å². The van der Waals surface area contributed by atoms with E-state index in [1.165, 1.54) is 5.56 Å². The van der Waals surface area contributed by atoms with E-state index in [0.717, 1.165) is 21.5 Å². The van der Waals surface area contributed by atoms with Gasteiger partial charge in [0.25, 0.3) is 0 Å². The van der Waals surface area contributed by atoms with Gasteiger partial charge >= 0.3 is 0 Å². The Labute approximate surface area is 130 Å². The molecular weight excluding hydrogens is 338 g/mol. The van der Waals surface area contributed by atoms with E-state index >= 15 is 0 Å². The predicted octanol–water partition coefficient (Wildman–Crippen LogP) is 4.66. The molecule has 3 nitrogen and oxygen atoms in total. The van der Waals surface area contributed by atoms with Crippen molar-refractivity contribution in [1.82, 2.24) is 14.8 Å². The highest BCUT2D eigenvalue weighted by atomic mass is 79.9. The average molecular weight is 349 g/mol. The molecule has 0 saturated heterocycles. The summed E-state index contributed by atoms with van der Waals surface area (Å²) in [5, 5.41) is 8.51. The summed E-state index contributed by atoms with van der Waals surface area (Å²) in [6.45, 7) is 2.04. The maximum atomic E-state index is 6.20. The van der Waals surface area contributed by atoms with E-state index in [9.17, 15) is 0 Å². The van der Waals surface area contributed by atoms with Gasteiger partial charge in [-0.1, -0.05) is 52.3 Å². The minimum atomic E-state index is 0.347. The molecule has 0 amide bonds. The lowest BCUT2D eigenvalue weighted by atomic mass is 10.2. The van der Waals surface area contributed by atoms with Crippen LogP contribution in [-0.2, 0) is 0 Å². The van der Waals surface area contributed by atoms with Crippen LogP contribution in [0.2, 0.25) is 5.28 Å². The van der Waals surface area contributed by atoms with Crippen molar-refractivity contribution in [2.75, 3.05) is 0 Å². The summed E-state index contributed by atoms with van der Waals surface area (Å²) >= 11 is 9.74. The summed E-state index contributed by atoms with van der Waals surface area (Å²) in [4.78, 5) is 0. The van der Waals surface area contributed by atoms with E-state index in [1.807, 2.05) is 60.0 Å². The predicted molar refractivity (Wildman–Crippen MR) is 84.2 cm³/mol. The van der Waals surface area contributed by atoms with Gasteiger partial charge in [0.1, 0.15) is 0 Å². The highest BCUT2D eigenvalue weighted by Gasteiger charge is 2.14. The lowest BCUT2D eigenvalue weighted by molar-refractivity contribution is 1.06. The first-order valence-electron chi connectivity index (χ1n) is 6.09. The van der Waals surface area contributed by atoms with E-state index in [1.54, 1.807) is 0 Å². The number of benzene rings is 2. The van der Waals surface area contributed by atoms with Crippen LogP contribution in [0.1, 0.15) is 5.56 Å². The molecule has 0 aliphatic heterocycles. The highest BCUT2D eigenvalue weighted by molar-refractivity contribution is 9.10. The van der Waals surface area contributed by atoms with Crippen molar-refractivity contribution < 1.29 is 0 Å². The average Bonchev–Trinajstić information content (AvgIpc) is 2.85. The number of hydrogen-bond acceptors (Lipinski definition) is 2. The van der Waals surface area contributed by atoms with Crippen molar-refractivity contribution >= 4 is 27.5 Å². The topological polar surface area (TPSA) is 30.7 Å². The summed E-state index contributed by atoms with van der Waals surface area (Å²) < 4.78 is 2.86. The van der Waals surface area contributed by atoms with E-state index in [0.29, 0.717) is 5.28 Å². The molecule has 0 bridgehead atoms. The summed E-state index contributed by atoms with van der Waals surface area (Å²) in [7, 11) is 0. The van der Waals surface area contributed by atoms with E-state index < -0.39 is 0 Å². The molecule has 0 atom stereocenters. The molecule has 0 radical (unpaired) electrons. The van der Waals surface area contributed by atoms with Crippen LogP contribution in [0.4, 0.5) is 0 Å². The van der Waals surface area contributed by atoms with Crippen molar-refractivity contribution in [2.45, 2.75) is 6.92 Å². The molecule has 2 aromatic carbocycles. The van der Waals surface area contributed by atoms with Crippen LogP contribution >= 0.6 is 27.5 Å². The molecular formula is C15H11BrClN3. The molecule has 0 aliphatic rings. The molecule has 0 unspecified atom stereocenters. The largest absolute Gasteiger partial charge is 0.266 e. The van der Waals surface area contributed by atoms with Gasteiger partial charge in [-0.3, -0.25) is 4.57 Å². The molecule has 1 aromatic heterocycles. The van der Waals surface area contributed by atoms with Crippen molar-refractivity contribution in [3.63, 3.8) is 0 Å². The van der Waals surface area contributed by atoms with Gasteiger partial charge in [0.15, 0.2) is 5.82 Å². The maximum Gasteiger partial charge on any atom is 0.229 e. The summed E-state index contributed by atoms with van der Waals surface area (Å²) in [6.07, 6.45) is 0. The maximum absolute atomic E-state index is 6.20. The summed E-state index contributed by atoms with van der Waals surface area (Å²) in [6, 6.07) is 15.9. The first-order valence-corrected chi connectivity index (χ1v) is 7.27. The van der Waals surface area contributed by atoms with Gasteiger partial charge in [-0.2, -0.15) is 0 Å². The Morgan fingerprint density at radius 2 is 1.80 bits per heavy atom. The minimum absolute atomic E-state index is 0.347. The smallest absolute Gasteiger partial charge is 0.229 e. The van der Waals surface area contributed by atoms with Gasteiger partial charge in [0.05, 0.1) is 5.69 Å². The zero-order valence-corrected chi connectivity index (χ0v) is 13.1. The number of rotatable bonds is 2. The number of hydrogen-bond donors (Lipinski definition) is 0. The third-order valence-electron chi connectivity index (χ3n) is 3.07. The number of aryl methyl sites for hydroxylation is 1. The molecule has 100 valence electrons. The molecule has 1 heterocycles. The second kappa shape index (κ2) is 5.38. The third kappa shape index (κ3) is 2.37. The zero-order valence-electron chi connectivity index (χ0n) is 10.7. The monoisotopic (exact) mass is 347 g/mol. The molecule has 0 N–H and O–H groups in total. The van der Waals surface area contributed by atoms with Crippen LogP contribution in [0, 0.1) is 6.92 Å². The van der Waals surface area contributed by atoms with Crippen LogP contribution in [0.25, 0.3) is 17.1 Å². The molecule has 3 rings (SSSR count). The lowest BCUT2D eigenvalue weighted by Gasteiger charge is -2.09. The lowest BCUT2D eigenvalue weighted by Crippen LogP contribution is -1.98. The van der Waals surface area contributed by atoms with Gasteiger partial charge in [0.2, 0.25) is 5.28 Å². The zero-order chi connectivity index (χ0) is 14.1. The molecule has 3 aromatic rings. The third-order valence-corrected chi connectivity index (χ3v) is 4.17. The van der Waals surface area contributed by atoms with Crippen LogP contribution in [-0.4, -0.2) is 14.8 Å². The molecule has 0 spiro atoms. The standard InChI is InChI=1S/C15H11BrClN3/c1-10-7-8-12(9-13(10)16)20-14(18-19-15(20)17)11-5-3-2-4-6-11/h2-9H,1H3. The van der Waals surface area contributed by atoms with E-state index in [4.69, 9.17) is 11.6 Å². The van der Waals surface area contributed by atoms with Gasteiger partial charge in [-0.05, 0) is 36.2 Å². The number of nitrogens with zero attached hydrogens (tertiary/aromatic N) is 3. The Morgan fingerprint density at radius 1 is 1.05 bits per heavy atom. The van der Waals surface area contributed by atoms with Crippen molar-refractivity contribution in [3.05, 3.63) is 63.9 Å². The second-order valence-electron chi connectivity index (χ2n) is 4.43. The normalized spacial score (nSPS) is 10.8. The molecule has 0 saturated carbocycles. The fourth-order valence-electron chi connectivity index (χ4n) is 1.99. The van der Waals surface area contributed by atoms with Crippen LogP contribution < -0.4 is 0 Å². The van der Waals surface area contributed by atoms with E-state index in [2.05, 4.69) is 26.1 Å². The Bertz CT molecular complexity index is 753. The van der Waals surface area contributed by atoms with Gasteiger partial charge < -0.3 is 0 Å². The molecule has 0 fully saturated rings. The van der Waals surface area contributed by atoms with E-state index in [-0.39, 0.29) is 0 Å². The molecule has 0 aliphatic carbocycles. The number of halogens is 2. The van der Waals surface area contributed by atoms with Crippen LogP contribution in [0.3, 0.4) is 0 Å². The Morgan fingerprint density at radius 3 is 2.50 bits per heavy atom. The Kier molecular flexibility index (Phi) is 3.59. The highest BCUT2D eigenvalue weighted by Crippen LogP contribution is 2.27. The molecule has 5 heteroatoms.